The van der Waals surface area contributed by atoms with Crippen LogP contribution in [0.2, 0.25) is 0 Å². The van der Waals surface area contributed by atoms with E-state index < -0.39 is 0 Å². The van der Waals surface area contributed by atoms with Gasteiger partial charge in [0.2, 0.25) is 0 Å². The Kier molecular flexibility index (Phi) is 3.98. The Hall–Kier alpha value is -0.340. The Labute approximate surface area is 161 Å². The molecule has 0 amide bonds. The van der Waals surface area contributed by atoms with Crippen molar-refractivity contribution >= 4 is 0 Å². The Morgan fingerprint density at radius 3 is 2.58 bits per heavy atom. The van der Waals surface area contributed by atoms with Crippen molar-refractivity contribution in [3.05, 3.63) is 11.6 Å². The highest BCUT2D eigenvalue weighted by molar-refractivity contribution is 5.26. The van der Waals surface area contributed by atoms with E-state index in [1.54, 1.807) is 0 Å². The first-order chi connectivity index (χ1) is 12.4. The second-order valence-corrected chi connectivity index (χ2v) is 11.2. The Bertz CT molecular complexity index is 609. The molecular weight excluding hydrogens is 316 g/mol. The average Bonchev–Trinajstić information content (AvgIpc) is 3.08. The maximum absolute atomic E-state index is 2.74. The topological polar surface area (TPSA) is 6.48 Å². The van der Waals surface area contributed by atoms with E-state index in [1.807, 2.05) is 5.57 Å². The first-order valence-electron chi connectivity index (χ1n) is 11.4. The van der Waals surface area contributed by atoms with Crippen LogP contribution in [0.1, 0.15) is 65.2 Å². The third-order valence-corrected chi connectivity index (χ3v) is 10.4. The van der Waals surface area contributed by atoms with Gasteiger partial charge in [-0.25, -0.2) is 0 Å². The molecule has 146 valence electrons. The summed E-state index contributed by atoms with van der Waals surface area (Å²) in [4.78, 5) is 5.17. The Morgan fingerprint density at radius 2 is 1.81 bits per heavy atom. The smallest absolute Gasteiger partial charge is 0.0127 e. The molecule has 0 aromatic carbocycles. The van der Waals surface area contributed by atoms with E-state index in [0.29, 0.717) is 10.8 Å². The molecule has 3 saturated carbocycles. The summed E-state index contributed by atoms with van der Waals surface area (Å²) in [6.45, 7) is 6.56. The first-order valence-corrected chi connectivity index (χ1v) is 11.4. The molecule has 5 aliphatic rings. The van der Waals surface area contributed by atoms with Gasteiger partial charge in [0.15, 0.2) is 0 Å². The maximum Gasteiger partial charge on any atom is 0.0127 e. The monoisotopic (exact) mass is 356 g/mol. The highest BCUT2D eigenvalue weighted by atomic mass is 15.2. The number of fused-ring (bicyclic) bond motifs is 4. The lowest BCUT2D eigenvalue weighted by Crippen LogP contribution is -2.52. The van der Waals surface area contributed by atoms with Crippen molar-refractivity contribution in [2.24, 2.45) is 34.5 Å². The average molecular weight is 357 g/mol. The molecule has 1 spiro atoms. The lowest BCUT2D eigenvalue weighted by molar-refractivity contribution is -0.0430. The predicted molar refractivity (Wildman–Crippen MR) is 109 cm³/mol. The fourth-order valence-corrected chi connectivity index (χ4v) is 8.88. The zero-order chi connectivity index (χ0) is 18.3. The summed E-state index contributed by atoms with van der Waals surface area (Å²) < 4.78 is 0. The largest absolute Gasteiger partial charge is 0.306 e. The molecule has 1 heterocycles. The summed E-state index contributed by atoms with van der Waals surface area (Å²) >= 11 is 0. The molecule has 5 rings (SSSR count). The number of rotatable bonds is 1. The molecule has 1 aliphatic heterocycles. The minimum Gasteiger partial charge on any atom is -0.306 e. The van der Waals surface area contributed by atoms with E-state index in [-0.39, 0.29) is 0 Å². The summed E-state index contributed by atoms with van der Waals surface area (Å²) in [6, 6.07) is 1.60. The molecule has 0 unspecified atom stereocenters. The molecule has 1 saturated heterocycles. The predicted octanol–water partition coefficient (Wildman–Crippen LogP) is 4.81. The van der Waals surface area contributed by atoms with Crippen molar-refractivity contribution in [1.29, 1.82) is 0 Å². The molecule has 0 aromatic heterocycles. The number of likely N-dealkylation sites (tertiary alicyclic amines) is 1. The molecule has 0 aromatic rings. The van der Waals surface area contributed by atoms with Gasteiger partial charge >= 0.3 is 0 Å². The second kappa shape index (κ2) is 5.83. The van der Waals surface area contributed by atoms with E-state index in [2.05, 4.69) is 50.9 Å². The zero-order valence-corrected chi connectivity index (χ0v) is 17.8. The van der Waals surface area contributed by atoms with Crippen molar-refractivity contribution in [3.63, 3.8) is 0 Å². The molecule has 0 bridgehead atoms. The van der Waals surface area contributed by atoms with Gasteiger partial charge in [0.05, 0.1) is 0 Å². The summed E-state index contributed by atoms with van der Waals surface area (Å²) in [5, 5.41) is 0. The highest BCUT2D eigenvalue weighted by Gasteiger charge is 2.63. The van der Waals surface area contributed by atoms with Gasteiger partial charge in [-0.3, -0.25) is 0 Å². The summed E-state index contributed by atoms with van der Waals surface area (Å²) in [5.74, 6) is 3.96. The van der Waals surface area contributed by atoms with Gasteiger partial charge in [-0.15, -0.1) is 0 Å². The zero-order valence-electron chi connectivity index (χ0n) is 17.8. The summed E-state index contributed by atoms with van der Waals surface area (Å²) in [6.07, 6.45) is 14.4. The van der Waals surface area contributed by atoms with Crippen LogP contribution in [0.3, 0.4) is 0 Å². The molecule has 0 radical (unpaired) electrons. The quantitative estimate of drug-likeness (QED) is 0.622. The minimum absolute atomic E-state index is 0.519. The van der Waals surface area contributed by atoms with Crippen LogP contribution in [0.25, 0.3) is 0 Å². The number of nitrogens with zero attached hydrogens (tertiary/aromatic N) is 2. The van der Waals surface area contributed by atoms with Crippen molar-refractivity contribution in [2.45, 2.75) is 77.3 Å². The van der Waals surface area contributed by atoms with E-state index in [1.165, 1.54) is 57.9 Å². The third kappa shape index (κ3) is 2.18. The van der Waals surface area contributed by atoms with Crippen molar-refractivity contribution in [3.8, 4) is 0 Å². The van der Waals surface area contributed by atoms with Crippen LogP contribution >= 0.6 is 0 Å². The van der Waals surface area contributed by atoms with Gasteiger partial charge in [0.1, 0.15) is 0 Å². The Morgan fingerprint density at radius 1 is 1.04 bits per heavy atom. The molecule has 2 heteroatoms. The normalized spacial score (nSPS) is 53.7. The standard InChI is InChI=1S/C24H40N2/c1-16-20-8-9-22-19-7-6-17-14-18(25(3)4)10-12-23(17,2)21(19)11-13-24(20,22)15-26(16)5/h6,16,18-22H,7-15H2,1-5H3/t16-,18-,19-,20-,21-,22+,23-,24-/m0/s1. The van der Waals surface area contributed by atoms with Gasteiger partial charge in [0, 0.05) is 18.6 Å². The van der Waals surface area contributed by atoms with E-state index in [9.17, 15) is 0 Å². The molecule has 26 heavy (non-hydrogen) atoms. The fraction of sp³-hybridized carbons (Fsp3) is 0.917. The van der Waals surface area contributed by atoms with Gasteiger partial charge in [-0.1, -0.05) is 18.6 Å². The molecule has 0 N–H and O–H groups in total. The van der Waals surface area contributed by atoms with Crippen LogP contribution in [-0.2, 0) is 0 Å². The van der Waals surface area contributed by atoms with Gasteiger partial charge in [-0.05, 0) is 114 Å². The van der Waals surface area contributed by atoms with Crippen LogP contribution in [0.15, 0.2) is 11.6 Å². The van der Waals surface area contributed by atoms with E-state index in [4.69, 9.17) is 0 Å². The minimum atomic E-state index is 0.519. The van der Waals surface area contributed by atoms with Gasteiger partial charge in [-0.2, -0.15) is 0 Å². The van der Waals surface area contributed by atoms with Crippen molar-refractivity contribution in [2.75, 3.05) is 27.7 Å². The first kappa shape index (κ1) is 17.7. The van der Waals surface area contributed by atoms with Crippen LogP contribution < -0.4 is 0 Å². The molecular formula is C24H40N2. The molecule has 4 aliphatic carbocycles. The third-order valence-electron chi connectivity index (χ3n) is 10.4. The lowest BCUT2D eigenvalue weighted by atomic mass is 9.47. The van der Waals surface area contributed by atoms with Crippen LogP contribution in [-0.4, -0.2) is 49.6 Å². The Balaban J connectivity index is 1.45. The number of hydrogen-bond acceptors (Lipinski definition) is 2. The van der Waals surface area contributed by atoms with Crippen LogP contribution in [0.4, 0.5) is 0 Å². The van der Waals surface area contributed by atoms with Gasteiger partial charge in [0.25, 0.3) is 0 Å². The summed E-state index contributed by atoms with van der Waals surface area (Å²) in [5.41, 5.74) is 3.04. The fourth-order valence-electron chi connectivity index (χ4n) is 8.88. The van der Waals surface area contributed by atoms with Crippen LogP contribution in [0, 0.1) is 34.5 Å². The molecule has 4 fully saturated rings. The SMILES string of the molecule is C[C@H]1[C@@H]2CC[C@@H]3[C@H]4CC=C5C[C@@H](N(C)C)CC[C@]5(C)[C@H]4CC[C@@]32CN1C. The van der Waals surface area contributed by atoms with E-state index >= 15 is 0 Å². The highest BCUT2D eigenvalue weighted by Crippen LogP contribution is 2.68. The lowest BCUT2D eigenvalue weighted by Gasteiger charge is -2.58. The van der Waals surface area contributed by atoms with Gasteiger partial charge < -0.3 is 9.80 Å². The number of hydrogen-bond donors (Lipinski definition) is 0. The van der Waals surface area contributed by atoms with E-state index in [0.717, 1.165) is 35.8 Å². The van der Waals surface area contributed by atoms with Crippen LogP contribution in [0.5, 0.6) is 0 Å². The maximum atomic E-state index is 2.74. The second-order valence-electron chi connectivity index (χ2n) is 11.2. The number of allylic oxidation sites excluding steroid dienone is 1. The van der Waals surface area contributed by atoms with Crippen molar-refractivity contribution in [1.82, 2.24) is 9.80 Å². The molecule has 2 nitrogen and oxygen atoms in total. The summed E-state index contributed by atoms with van der Waals surface area (Å²) in [7, 11) is 6.95. The van der Waals surface area contributed by atoms with Crippen molar-refractivity contribution < 1.29 is 0 Å². The molecule has 8 atom stereocenters.